The lowest BCUT2D eigenvalue weighted by Gasteiger charge is -2.12. The first-order chi connectivity index (χ1) is 13.3. The number of carbonyl (C=O) groups excluding carboxylic acids is 2. The summed E-state index contributed by atoms with van der Waals surface area (Å²) in [6, 6.07) is 14.4. The predicted octanol–water partition coefficient (Wildman–Crippen LogP) is 4.90. The number of ether oxygens (including phenoxy) is 3. The van der Waals surface area contributed by atoms with Gasteiger partial charge in [-0.25, -0.2) is 4.79 Å². The van der Waals surface area contributed by atoms with Crippen LogP contribution in [0.15, 0.2) is 48.5 Å². The molecule has 0 aromatic heterocycles. The maximum Gasteiger partial charge on any atom is 0.342 e. The van der Waals surface area contributed by atoms with E-state index in [0.717, 1.165) is 11.1 Å². The molecule has 0 saturated carbocycles. The van der Waals surface area contributed by atoms with E-state index in [1.54, 1.807) is 18.2 Å². The topological polar surface area (TPSA) is 61.8 Å². The SMILES string of the molecule is COc1ccc(CCC(=O)OCC(Cl)(Cl)Cl)cc1C(=O)OCc1ccccc1. The summed E-state index contributed by atoms with van der Waals surface area (Å²) >= 11 is 16.6. The molecule has 2 rings (SSSR count). The van der Waals surface area contributed by atoms with Crippen molar-refractivity contribution in [1.29, 1.82) is 0 Å². The highest BCUT2D eigenvalue weighted by Gasteiger charge is 2.22. The van der Waals surface area contributed by atoms with Crippen molar-refractivity contribution in [2.45, 2.75) is 23.2 Å². The van der Waals surface area contributed by atoms with E-state index in [-0.39, 0.29) is 25.2 Å². The van der Waals surface area contributed by atoms with E-state index in [1.807, 2.05) is 30.3 Å². The second kappa shape index (κ2) is 10.6. The first kappa shape index (κ1) is 22.3. The number of esters is 2. The van der Waals surface area contributed by atoms with Crippen molar-refractivity contribution in [2.24, 2.45) is 0 Å². The fourth-order valence-corrected chi connectivity index (χ4v) is 2.52. The number of hydrogen-bond donors (Lipinski definition) is 0. The Balaban J connectivity index is 1.98. The van der Waals surface area contributed by atoms with Gasteiger partial charge in [-0.15, -0.1) is 0 Å². The van der Waals surface area contributed by atoms with Crippen LogP contribution in [0.1, 0.15) is 27.9 Å². The molecule has 0 unspecified atom stereocenters. The summed E-state index contributed by atoms with van der Waals surface area (Å²) in [5, 5.41) is 0. The standard InChI is InChI=1S/C20H19Cl3O5/c1-26-17-9-7-14(8-10-18(24)28-13-20(21,22)23)11-16(17)19(25)27-12-15-5-3-2-4-6-15/h2-7,9,11H,8,10,12-13H2,1H3. The molecular weight excluding hydrogens is 427 g/mol. The van der Waals surface area contributed by atoms with E-state index in [0.29, 0.717) is 12.2 Å². The zero-order valence-electron chi connectivity index (χ0n) is 15.1. The van der Waals surface area contributed by atoms with Crippen LogP contribution in [-0.4, -0.2) is 29.4 Å². The van der Waals surface area contributed by atoms with Gasteiger partial charge in [-0.05, 0) is 29.7 Å². The van der Waals surface area contributed by atoms with E-state index in [1.165, 1.54) is 7.11 Å². The molecule has 5 nitrogen and oxygen atoms in total. The van der Waals surface area contributed by atoms with E-state index >= 15 is 0 Å². The average molecular weight is 446 g/mol. The van der Waals surface area contributed by atoms with Crippen LogP contribution in [0, 0.1) is 0 Å². The molecule has 0 aliphatic rings. The number of methoxy groups -OCH3 is 1. The Morgan fingerprint density at radius 3 is 2.32 bits per heavy atom. The van der Waals surface area contributed by atoms with E-state index in [4.69, 9.17) is 49.0 Å². The molecular formula is C20H19Cl3O5. The molecule has 0 aliphatic carbocycles. The Kier molecular flexibility index (Phi) is 8.42. The molecule has 0 N–H and O–H groups in total. The number of hydrogen-bond acceptors (Lipinski definition) is 5. The van der Waals surface area contributed by atoms with Crippen LogP contribution in [0.3, 0.4) is 0 Å². The van der Waals surface area contributed by atoms with Gasteiger partial charge in [0.05, 0.1) is 7.11 Å². The molecule has 150 valence electrons. The maximum absolute atomic E-state index is 12.5. The van der Waals surface area contributed by atoms with E-state index in [9.17, 15) is 9.59 Å². The molecule has 0 fully saturated rings. The predicted molar refractivity (Wildman–Crippen MR) is 108 cm³/mol. The van der Waals surface area contributed by atoms with Gasteiger partial charge >= 0.3 is 11.9 Å². The summed E-state index contributed by atoms with van der Waals surface area (Å²) < 4.78 is 13.8. The Morgan fingerprint density at radius 2 is 1.68 bits per heavy atom. The van der Waals surface area contributed by atoms with Crippen LogP contribution >= 0.6 is 34.8 Å². The zero-order chi connectivity index (χ0) is 20.6. The van der Waals surface area contributed by atoms with Gasteiger partial charge in [-0.1, -0.05) is 71.2 Å². The van der Waals surface area contributed by atoms with Gasteiger partial charge in [0.15, 0.2) is 0 Å². The molecule has 8 heteroatoms. The normalized spacial score (nSPS) is 11.0. The van der Waals surface area contributed by atoms with Gasteiger partial charge in [0.1, 0.15) is 24.5 Å². The first-order valence-electron chi connectivity index (χ1n) is 8.39. The monoisotopic (exact) mass is 444 g/mol. The number of benzene rings is 2. The Labute approximate surface area is 178 Å². The Bertz CT molecular complexity index is 803. The lowest BCUT2D eigenvalue weighted by Crippen LogP contribution is -2.17. The zero-order valence-corrected chi connectivity index (χ0v) is 17.4. The average Bonchev–Trinajstić information content (AvgIpc) is 2.69. The van der Waals surface area contributed by atoms with Crippen LogP contribution in [0.5, 0.6) is 5.75 Å². The minimum absolute atomic E-state index is 0.0750. The van der Waals surface area contributed by atoms with Crippen molar-refractivity contribution in [1.82, 2.24) is 0 Å². The third-order valence-corrected chi connectivity index (χ3v) is 4.04. The van der Waals surface area contributed by atoms with Gasteiger partial charge in [0.25, 0.3) is 0 Å². The van der Waals surface area contributed by atoms with Crippen molar-refractivity contribution in [3.05, 3.63) is 65.2 Å². The van der Waals surface area contributed by atoms with E-state index < -0.39 is 15.7 Å². The molecule has 0 saturated heterocycles. The highest BCUT2D eigenvalue weighted by Crippen LogP contribution is 2.26. The van der Waals surface area contributed by atoms with Gasteiger partial charge in [0.2, 0.25) is 3.79 Å². The van der Waals surface area contributed by atoms with Crippen LogP contribution in [0.25, 0.3) is 0 Å². The molecule has 0 atom stereocenters. The molecule has 2 aromatic carbocycles. The van der Waals surface area contributed by atoms with Crippen molar-refractivity contribution < 1.29 is 23.8 Å². The fourth-order valence-electron chi connectivity index (χ4n) is 2.35. The molecule has 0 amide bonds. The van der Waals surface area contributed by atoms with Crippen molar-refractivity contribution in [3.8, 4) is 5.75 Å². The molecule has 0 spiro atoms. The van der Waals surface area contributed by atoms with Crippen molar-refractivity contribution in [2.75, 3.05) is 13.7 Å². The minimum atomic E-state index is -1.65. The smallest absolute Gasteiger partial charge is 0.342 e. The molecule has 28 heavy (non-hydrogen) atoms. The van der Waals surface area contributed by atoms with Crippen LogP contribution in [0.2, 0.25) is 0 Å². The maximum atomic E-state index is 12.5. The quantitative estimate of drug-likeness (QED) is 0.427. The van der Waals surface area contributed by atoms with Gasteiger partial charge in [0, 0.05) is 6.42 Å². The highest BCUT2D eigenvalue weighted by atomic mass is 35.6. The number of carbonyl (C=O) groups is 2. The van der Waals surface area contributed by atoms with E-state index in [2.05, 4.69) is 0 Å². The molecule has 0 heterocycles. The molecule has 0 aliphatic heterocycles. The Hall–Kier alpha value is -1.95. The molecule has 0 bridgehead atoms. The fraction of sp³-hybridized carbons (Fsp3) is 0.300. The van der Waals surface area contributed by atoms with Crippen molar-refractivity contribution in [3.63, 3.8) is 0 Å². The first-order valence-corrected chi connectivity index (χ1v) is 9.52. The molecule has 0 radical (unpaired) electrons. The molecule has 2 aromatic rings. The Morgan fingerprint density at radius 1 is 0.964 bits per heavy atom. The van der Waals surface area contributed by atoms with Crippen LogP contribution < -0.4 is 4.74 Å². The minimum Gasteiger partial charge on any atom is -0.496 e. The summed E-state index contributed by atoms with van der Waals surface area (Å²) in [5.41, 5.74) is 1.91. The number of alkyl halides is 3. The number of rotatable bonds is 8. The number of halogens is 3. The third-order valence-electron chi connectivity index (χ3n) is 3.71. The summed E-state index contributed by atoms with van der Waals surface area (Å²) in [5.74, 6) is -0.628. The summed E-state index contributed by atoms with van der Waals surface area (Å²) in [4.78, 5) is 24.2. The third kappa shape index (κ3) is 7.58. The highest BCUT2D eigenvalue weighted by molar-refractivity contribution is 6.67. The van der Waals surface area contributed by atoms with Gasteiger partial charge in [-0.2, -0.15) is 0 Å². The largest absolute Gasteiger partial charge is 0.496 e. The lowest BCUT2D eigenvalue weighted by molar-refractivity contribution is -0.143. The van der Waals surface area contributed by atoms with Gasteiger partial charge < -0.3 is 14.2 Å². The van der Waals surface area contributed by atoms with Crippen molar-refractivity contribution >= 4 is 46.7 Å². The lowest BCUT2D eigenvalue weighted by atomic mass is 10.1. The summed E-state index contributed by atoms with van der Waals surface area (Å²) in [6.45, 7) is -0.174. The summed E-state index contributed by atoms with van der Waals surface area (Å²) in [7, 11) is 1.47. The number of aryl methyl sites for hydroxylation is 1. The van der Waals surface area contributed by atoms with Crippen LogP contribution in [0.4, 0.5) is 0 Å². The van der Waals surface area contributed by atoms with Gasteiger partial charge in [-0.3, -0.25) is 4.79 Å². The van der Waals surface area contributed by atoms with Crippen LogP contribution in [-0.2, 0) is 27.3 Å². The second-order valence-corrected chi connectivity index (χ2v) is 8.39. The summed E-state index contributed by atoms with van der Waals surface area (Å²) in [6.07, 6.45) is 0.424. The second-order valence-electron chi connectivity index (χ2n) is 5.87.